The van der Waals surface area contributed by atoms with Crippen LogP contribution in [-0.4, -0.2) is 16.1 Å². The summed E-state index contributed by atoms with van der Waals surface area (Å²) in [5.41, 5.74) is 6.39. The van der Waals surface area contributed by atoms with Gasteiger partial charge in [-0.3, -0.25) is 9.36 Å². The minimum atomic E-state index is -0.132. The van der Waals surface area contributed by atoms with Crippen LogP contribution in [0.1, 0.15) is 26.3 Å². The third kappa shape index (κ3) is 2.36. The second-order valence-corrected chi connectivity index (χ2v) is 3.53. The average Bonchev–Trinajstić information content (AvgIpc) is 2.16. The number of amidine groups is 1. The first-order valence-electron chi connectivity index (χ1n) is 5.07. The summed E-state index contributed by atoms with van der Waals surface area (Å²) >= 11 is 0. The highest BCUT2D eigenvalue weighted by Gasteiger charge is 2.09. The third-order valence-electron chi connectivity index (χ3n) is 2.16. The van der Waals surface area contributed by atoms with Gasteiger partial charge < -0.3 is 11.1 Å². The average molecular weight is 220 g/mol. The number of nitrogens with two attached hydrogens (primary N) is 1. The molecule has 16 heavy (non-hydrogen) atoms. The number of hydrogen-bond donors (Lipinski definition) is 2. The molecule has 0 atom stereocenters. The molecule has 1 aromatic rings. The summed E-state index contributed by atoms with van der Waals surface area (Å²) < 4.78 is 1.50. The van der Waals surface area contributed by atoms with Crippen LogP contribution in [0.2, 0.25) is 0 Å². The largest absolute Gasteiger partial charge is 0.387 e. The maximum absolute atomic E-state index is 11.6. The molecule has 0 radical (unpaired) electrons. The van der Waals surface area contributed by atoms with Crippen molar-refractivity contribution in [3.8, 4) is 0 Å². The van der Waals surface area contributed by atoms with Gasteiger partial charge in [0.25, 0.3) is 5.56 Å². The van der Waals surface area contributed by atoms with Crippen LogP contribution >= 0.6 is 0 Å². The fraction of sp³-hybridized carbons (Fsp3) is 0.364. The molecule has 3 N–H and O–H groups in total. The Morgan fingerprint density at radius 2 is 2.12 bits per heavy atom. The van der Waals surface area contributed by atoms with Crippen LogP contribution in [0.4, 0.5) is 5.82 Å². The van der Waals surface area contributed by atoms with Crippen molar-refractivity contribution in [2.45, 2.75) is 27.3 Å². The summed E-state index contributed by atoms with van der Waals surface area (Å²) in [5, 5.41) is 7.64. The second-order valence-electron chi connectivity index (χ2n) is 3.53. The monoisotopic (exact) mass is 220 g/mol. The van der Waals surface area contributed by atoms with Gasteiger partial charge in [0, 0.05) is 23.9 Å². The Bertz CT molecular complexity index is 495. The van der Waals surface area contributed by atoms with Crippen molar-refractivity contribution in [1.29, 1.82) is 5.41 Å². The molecule has 0 aliphatic rings. The number of aromatic nitrogens is 1. The van der Waals surface area contributed by atoms with Gasteiger partial charge in [-0.15, -0.1) is 0 Å². The molecular formula is C11H16N4O. The van der Waals surface area contributed by atoms with E-state index in [2.05, 4.69) is 4.99 Å². The molecule has 86 valence electrons. The SMILES string of the molecule is CCn1c(N=C(C)N)c(C(C)=N)ccc1=O. The minimum Gasteiger partial charge on any atom is -0.387 e. The van der Waals surface area contributed by atoms with Gasteiger partial charge in [0.05, 0.1) is 5.84 Å². The molecule has 0 spiro atoms. The van der Waals surface area contributed by atoms with Gasteiger partial charge in [0.1, 0.15) is 5.82 Å². The normalized spacial score (nSPS) is 11.6. The fourth-order valence-corrected chi connectivity index (χ4v) is 1.45. The Hall–Kier alpha value is -1.91. The van der Waals surface area contributed by atoms with Gasteiger partial charge >= 0.3 is 0 Å². The third-order valence-corrected chi connectivity index (χ3v) is 2.16. The predicted molar refractivity (Wildman–Crippen MR) is 65.8 cm³/mol. The number of pyridine rings is 1. The van der Waals surface area contributed by atoms with Crippen molar-refractivity contribution in [2.75, 3.05) is 0 Å². The number of rotatable bonds is 3. The molecule has 0 bridgehead atoms. The van der Waals surface area contributed by atoms with Gasteiger partial charge in [0.15, 0.2) is 0 Å². The molecule has 5 heteroatoms. The lowest BCUT2D eigenvalue weighted by molar-refractivity contribution is 0.729. The van der Waals surface area contributed by atoms with Crippen LogP contribution in [0.25, 0.3) is 0 Å². The van der Waals surface area contributed by atoms with Gasteiger partial charge in [-0.05, 0) is 26.8 Å². The Balaban J connectivity index is 3.60. The topological polar surface area (TPSA) is 84.2 Å². The molecule has 1 aromatic heterocycles. The smallest absolute Gasteiger partial charge is 0.252 e. The molecule has 0 aliphatic carbocycles. The molecule has 0 fully saturated rings. The van der Waals surface area contributed by atoms with E-state index < -0.39 is 0 Å². The highest BCUT2D eigenvalue weighted by molar-refractivity contribution is 6.00. The van der Waals surface area contributed by atoms with Crippen LogP contribution in [0, 0.1) is 5.41 Å². The Morgan fingerprint density at radius 1 is 1.50 bits per heavy atom. The summed E-state index contributed by atoms with van der Waals surface area (Å²) in [6, 6.07) is 3.06. The van der Waals surface area contributed by atoms with Gasteiger partial charge in [0.2, 0.25) is 0 Å². The Morgan fingerprint density at radius 3 is 2.56 bits per heavy atom. The first-order chi connectivity index (χ1) is 7.47. The molecule has 1 rings (SSSR count). The predicted octanol–water partition coefficient (Wildman–Crippen LogP) is 1.26. The number of nitrogens with one attached hydrogen (secondary N) is 1. The molecular weight excluding hydrogens is 204 g/mol. The van der Waals surface area contributed by atoms with Gasteiger partial charge in [-0.1, -0.05) is 0 Å². The zero-order chi connectivity index (χ0) is 12.3. The molecule has 1 heterocycles. The van der Waals surface area contributed by atoms with Gasteiger partial charge in [-0.2, -0.15) is 0 Å². The van der Waals surface area contributed by atoms with Crippen molar-refractivity contribution in [2.24, 2.45) is 10.7 Å². The zero-order valence-corrected chi connectivity index (χ0v) is 9.74. The van der Waals surface area contributed by atoms with Crippen molar-refractivity contribution in [3.05, 3.63) is 28.0 Å². The lowest BCUT2D eigenvalue weighted by atomic mass is 10.1. The van der Waals surface area contributed by atoms with Crippen molar-refractivity contribution in [1.82, 2.24) is 4.57 Å². The standard InChI is InChI=1S/C11H16N4O/c1-4-15-10(16)6-5-9(7(2)12)11(15)14-8(3)13/h5-6,12H,4H2,1-3H3,(H2,13,14). The van der Waals surface area contributed by atoms with Crippen molar-refractivity contribution >= 4 is 17.4 Å². The summed E-state index contributed by atoms with van der Waals surface area (Å²) in [4.78, 5) is 15.7. The first-order valence-corrected chi connectivity index (χ1v) is 5.07. The zero-order valence-electron chi connectivity index (χ0n) is 9.74. The van der Waals surface area contributed by atoms with Crippen LogP contribution in [-0.2, 0) is 6.54 Å². The van der Waals surface area contributed by atoms with Crippen LogP contribution in [0.5, 0.6) is 0 Å². The highest BCUT2D eigenvalue weighted by atomic mass is 16.1. The molecule has 5 nitrogen and oxygen atoms in total. The second kappa shape index (κ2) is 4.74. The van der Waals surface area contributed by atoms with E-state index in [0.29, 0.717) is 29.5 Å². The Labute approximate surface area is 94.1 Å². The molecule has 0 amide bonds. The summed E-state index contributed by atoms with van der Waals surface area (Å²) in [6.07, 6.45) is 0. The van der Waals surface area contributed by atoms with E-state index in [1.807, 2.05) is 6.92 Å². The molecule has 0 aliphatic heterocycles. The fourth-order valence-electron chi connectivity index (χ4n) is 1.45. The molecule has 0 aromatic carbocycles. The van der Waals surface area contributed by atoms with Crippen LogP contribution < -0.4 is 11.3 Å². The summed E-state index contributed by atoms with van der Waals surface area (Å²) in [5.74, 6) is 0.831. The lowest BCUT2D eigenvalue weighted by Gasteiger charge is -2.11. The van der Waals surface area contributed by atoms with E-state index in [9.17, 15) is 4.79 Å². The van der Waals surface area contributed by atoms with E-state index in [-0.39, 0.29) is 5.56 Å². The van der Waals surface area contributed by atoms with E-state index in [4.69, 9.17) is 11.1 Å². The van der Waals surface area contributed by atoms with Crippen molar-refractivity contribution in [3.63, 3.8) is 0 Å². The summed E-state index contributed by atoms with van der Waals surface area (Å²) in [7, 11) is 0. The number of hydrogen-bond acceptors (Lipinski definition) is 3. The first kappa shape index (κ1) is 12.2. The lowest BCUT2D eigenvalue weighted by Crippen LogP contribution is -2.21. The molecule has 0 unspecified atom stereocenters. The molecule has 0 saturated carbocycles. The van der Waals surface area contributed by atoms with Gasteiger partial charge in [-0.25, -0.2) is 4.99 Å². The van der Waals surface area contributed by atoms with Crippen LogP contribution in [0.3, 0.4) is 0 Å². The minimum absolute atomic E-state index is 0.132. The number of nitrogens with zero attached hydrogens (tertiary/aromatic N) is 2. The van der Waals surface area contributed by atoms with E-state index >= 15 is 0 Å². The van der Waals surface area contributed by atoms with E-state index in [1.54, 1.807) is 19.9 Å². The highest BCUT2D eigenvalue weighted by Crippen LogP contribution is 2.17. The van der Waals surface area contributed by atoms with Crippen molar-refractivity contribution < 1.29 is 0 Å². The van der Waals surface area contributed by atoms with E-state index in [0.717, 1.165) is 0 Å². The Kier molecular flexibility index (Phi) is 3.60. The van der Waals surface area contributed by atoms with Crippen LogP contribution in [0.15, 0.2) is 21.9 Å². The van der Waals surface area contributed by atoms with E-state index in [1.165, 1.54) is 10.6 Å². The quantitative estimate of drug-likeness (QED) is 0.593. The maximum atomic E-state index is 11.6. The number of aliphatic imine (C=N–C) groups is 1. The molecule has 0 saturated heterocycles. The maximum Gasteiger partial charge on any atom is 0.252 e. The summed E-state index contributed by atoms with van der Waals surface area (Å²) in [6.45, 7) is 5.67.